The molecular weight excluding hydrogens is 436 g/mol. The Labute approximate surface area is 183 Å². The first kappa shape index (κ1) is 21.1. The van der Waals surface area contributed by atoms with Gasteiger partial charge in [-0.3, -0.25) is 4.79 Å². The molecule has 1 N–H and O–H groups in total. The van der Waals surface area contributed by atoms with E-state index in [0.29, 0.717) is 16.7 Å². The number of nitrogens with one attached hydrogen (secondary N) is 1. The van der Waals surface area contributed by atoms with Gasteiger partial charge in [-0.1, -0.05) is 46.4 Å². The summed E-state index contributed by atoms with van der Waals surface area (Å²) in [5.41, 5.74) is 2.64. The van der Waals surface area contributed by atoms with Crippen molar-refractivity contribution in [2.75, 3.05) is 11.1 Å². The third kappa shape index (κ3) is 5.12. The van der Waals surface area contributed by atoms with E-state index in [1.165, 1.54) is 11.3 Å². The van der Waals surface area contributed by atoms with E-state index in [1.54, 1.807) is 28.9 Å². The Balaban J connectivity index is 1.30. The SMILES string of the molecule is Cc1ccc(S(=O)(=O)CCc2nnc(NC(=O)CCn3nnc4ccccc43)s2)cc1. The number of hydrogen-bond acceptors (Lipinski definition) is 8. The highest BCUT2D eigenvalue weighted by atomic mass is 32.2. The van der Waals surface area contributed by atoms with E-state index < -0.39 is 9.84 Å². The second-order valence-corrected chi connectivity index (χ2v) is 10.2. The van der Waals surface area contributed by atoms with Crippen molar-refractivity contribution in [2.24, 2.45) is 0 Å². The van der Waals surface area contributed by atoms with Gasteiger partial charge in [-0.15, -0.1) is 15.3 Å². The van der Waals surface area contributed by atoms with Crippen molar-refractivity contribution >= 4 is 43.2 Å². The van der Waals surface area contributed by atoms with Gasteiger partial charge < -0.3 is 5.32 Å². The summed E-state index contributed by atoms with van der Waals surface area (Å²) >= 11 is 1.17. The molecule has 0 unspecified atom stereocenters. The topological polar surface area (TPSA) is 120 Å². The number of nitrogens with zero attached hydrogens (tertiary/aromatic N) is 5. The summed E-state index contributed by atoms with van der Waals surface area (Å²) < 4.78 is 26.6. The van der Waals surface area contributed by atoms with Crippen molar-refractivity contribution < 1.29 is 13.2 Å². The van der Waals surface area contributed by atoms with Crippen molar-refractivity contribution in [3.63, 3.8) is 0 Å². The predicted molar refractivity (Wildman–Crippen MR) is 118 cm³/mol. The zero-order valence-electron chi connectivity index (χ0n) is 16.7. The molecule has 2 aromatic carbocycles. The number of fused-ring (bicyclic) bond motifs is 1. The number of sulfone groups is 1. The monoisotopic (exact) mass is 456 g/mol. The van der Waals surface area contributed by atoms with Crippen LogP contribution in [0.25, 0.3) is 11.0 Å². The lowest BCUT2D eigenvalue weighted by Crippen LogP contribution is -2.15. The number of aryl methyl sites for hydroxylation is 3. The van der Waals surface area contributed by atoms with E-state index >= 15 is 0 Å². The van der Waals surface area contributed by atoms with Gasteiger partial charge in [-0.05, 0) is 31.2 Å². The molecule has 1 amide bonds. The van der Waals surface area contributed by atoms with Gasteiger partial charge in [0.05, 0.1) is 22.7 Å². The molecule has 0 spiro atoms. The number of carbonyl (C=O) groups is 1. The first-order valence-corrected chi connectivity index (χ1v) is 12.1. The minimum Gasteiger partial charge on any atom is -0.300 e. The highest BCUT2D eigenvalue weighted by molar-refractivity contribution is 7.91. The molecule has 0 fully saturated rings. The average Bonchev–Trinajstić information content (AvgIpc) is 3.38. The Morgan fingerprint density at radius 2 is 1.84 bits per heavy atom. The van der Waals surface area contributed by atoms with Crippen LogP contribution in [0.1, 0.15) is 17.0 Å². The first-order valence-electron chi connectivity index (χ1n) is 9.60. The minimum absolute atomic E-state index is 0.0714. The fourth-order valence-corrected chi connectivity index (χ4v) is 5.10. The molecular formula is C20H20N6O3S2. The van der Waals surface area contributed by atoms with E-state index in [2.05, 4.69) is 25.8 Å². The van der Waals surface area contributed by atoms with Gasteiger partial charge in [0.15, 0.2) is 9.84 Å². The molecule has 2 aromatic heterocycles. The number of aromatic nitrogens is 5. The molecule has 4 aromatic rings. The zero-order chi connectivity index (χ0) is 21.8. The van der Waals surface area contributed by atoms with Crippen LogP contribution in [-0.4, -0.2) is 45.3 Å². The van der Waals surface area contributed by atoms with E-state index in [-0.39, 0.29) is 29.4 Å². The van der Waals surface area contributed by atoms with Gasteiger partial charge in [-0.2, -0.15) is 0 Å². The van der Waals surface area contributed by atoms with Crippen molar-refractivity contribution in [1.29, 1.82) is 0 Å². The molecule has 0 radical (unpaired) electrons. The van der Waals surface area contributed by atoms with Crippen LogP contribution in [0.5, 0.6) is 0 Å². The fourth-order valence-electron chi connectivity index (χ4n) is 2.96. The maximum atomic E-state index is 12.5. The summed E-state index contributed by atoms with van der Waals surface area (Å²) in [6, 6.07) is 14.3. The molecule has 0 saturated carbocycles. The number of carbonyl (C=O) groups excluding carboxylic acids is 1. The van der Waals surface area contributed by atoms with Gasteiger partial charge >= 0.3 is 0 Å². The smallest absolute Gasteiger partial charge is 0.228 e. The Morgan fingerprint density at radius 1 is 1.06 bits per heavy atom. The predicted octanol–water partition coefficient (Wildman–Crippen LogP) is 2.64. The normalized spacial score (nSPS) is 11.6. The van der Waals surface area contributed by atoms with Crippen LogP contribution in [0.15, 0.2) is 53.4 Å². The second kappa shape index (κ2) is 8.90. The highest BCUT2D eigenvalue weighted by Gasteiger charge is 2.16. The number of anilines is 1. The molecule has 0 atom stereocenters. The van der Waals surface area contributed by atoms with Gasteiger partial charge in [0.25, 0.3) is 0 Å². The third-order valence-electron chi connectivity index (χ3n) is 4.65. The largest absolute Gasteiger partial charge is 0.300 e. The van der Waals surface area contributed by atoms with E-state index in [9.17, 15) is 13.2 Å². The van der Waals surface area contributed by atoms with Gasteiger partial charge in [0.2, 0.25) is 11.0 Å². The van der Waals surface area contributed by atoms with Crippen molar-refractivity contribution in [3.8, 4) is 0 Å². The number of amides is 1. The highest BCUT2D eigenvalue weighted by Crippen LogP contribution is 2.19. The minimum atomic E-state index is -3.40. The number of rotatable bonds is 8. The quantitative estimate of drug-likeness (QED) is 0.433. The van der Waals surface area contributed by atoms with E-state index in [4.69, 9.17) is 0 Å². The molecule has 160 valence electrons. The molecule has 2 heterocycles. The molecule has 31 heavy (non-hydrogen) atoms. The molecule has 0 saturated heterocycles. The van der Waals surface area contributed by atoms with E-state index in [0.717, 1.165) is 16.6 Å². The maximum absolute atomic E-state index is 12.5. The Hall–Kier alpha value is -3.18. The maximum Gasteiger partial charge on any atom is 0.228 e. The summed E-state index contributed by atoms with van der Waals surface area (Å²) in [5.74, 6) is -0.299. The third-order valence-corrected chi connectivity index (χ3v) is 7.28. The van der Waals surface area contributed by atoms with Crippen LogP contribution in [0.3, 0.4) is 0 Å². The fraction of sp³-hybridized carbons (Fsp3) is 0.250. The van der Waals surface area contributed by atoms with E-state index in [1.807, 2.05) is 31.2 Å². The lowest BCUT2D eigenvalue weighted by Gasteiger charge is -2.03. The van der Waals surface area contributed by atoms with Crippen LogP contribution >= 0.6 is 11.3 Å². The summed E-state index contributed by atoms with van der Waals surface area (Å²) in [6.07, 6.45) is 0.429. The Bertz CT molecular complexity index is 1310. The first-order chi connectivity index (χ1) is 14.9. The molecule has 11 heteroatoms. The summed E-state index contributed by atoms with van der Waals surface area (Å²) in [6.45, 7) is 2.29. The molecule has 0 aliphatic heterocycles. The van der Waals surface area contributed by atoms with Crippen LogP contribution in [0.4, 0.5) is 5.13 Å². The standard InChI is InChI=1S/C20H20N6O3S2/c1-14-6-8-15(9-7-14)31(28,29)13-11-19-23-24-20(30-19)21-18(27)10-12-26-17-5-3-2-4-16(17)22-25-26/h2-9H,10-13H2,1H3,(H,21,24,27). The van der Waals surface area contributed by atoms with Gasteiger partial charge in [-0.25, -0.2) is 13.1 Å². The number of para-hydroxylation sites is 1. The van der Waals surface area contributed by atoms with Crippen LogP contribution in [0, 0.1) is 6.92 Å². The van der Waals surface area contributed by atoms with Crippen molar-refractivity contribution in [1.82, 2.24) is 25.2 Å². The lowest BCUT2D eigenvalue weighted by atomic mass is 10.2. The molecule has 0 bridgehead atoms. The zero-order valence-corrected chi connectivity index (χ0v) is 18.4. The Kier molecular flexibility index (Phi) is 6.05. The lowest BCUT2D eigenvalue weighted by molar-refractivity contribution is -0.116. The van der Waals surface area contributed by atoms with Crippen molar-refractivity contribution in [3.05, 3.63) is 59.1 Å². The van der Waals surface area contributed by atoms with Gasteiger partial charge in [0, 0.05) is 12.8 Å². The second-order valence-electron chi connectivity index (χ2n) is 6.98. The molecule has 4 rings (SSSR count). The summed E-state index contributed by atoms with van der Waals surface area (Å²) in [7, 11) is -3.40. The van der Waals surface area contributed by atoms with Crippen molar-refractivity contribution in [2.45, 2.75) is 31.2 Å². The van der Waals surface area contributed by atoms with Crippen LogP contribution in [-0.2, 0) is 27.6 Å². The average molecular weight is 457 g/mol. The number of hydrogen-bond donors (Lipinski definition) is 1. The summed E-state index contributed by atoms with van der Waals surface area (Å²) in [5, 5.41) is 19.7. The van der Waals surface area contributed by atoms with Crippen LogP contribution < -0.4 is 5.32 Å². The molecule has 9 nitrogen and oxygen atoms in total. The number of benzene rings is 2. The Morgan fingerprint density at radius 3 is 2.65 bits per heavy atom. The van der Waals surface area contributed by atoms with Crippen LogP contribution in [0.2, 0.25) is 0 Å². The molecule has 0 aliphatic carbocycles. The van der Waals surface area contributed by atoms with Gasteiger partial charge in [0.1, 0.15) is 10.5 Å². The summed E-state index contributed by atoms with van der Waals surface area (Å²) in [4.78, 5) is 12.5. The molecule has 0 aliphatic rings.